The molecule has 1 unspecified atom stereocenters. The van der Waals surface area contributed by atoms with Gasteiger partial charge in [-0.2, -0.15) is 5.10 Å². The molecule has 1 aromatic rings. The monoisotopic (exact) mass is 172 g/mol. The molecule has 0 amide bonds. The lowest BCUT2D eigenvalue weighted by Crippen LogP contribution is -2.29. The first-order chi connectivity index (χ1) is 6.37. The first-order valence-corrected chi connectivity index (χ1v) is 4.35. The van der Waals surface area contributed by atoms with Crippen LogP contribution in [0.1, 0.15) is 6.42 Å². The van der Waals surface area contributed by atoms with Crippen molar-refractivity contribution in [3.63, 3.8) is 0 Å². The molecule has 0 fully saturated rings. The summed E-state index contributed by atoms with van der Waals surface area (Å²) in [4.78, 5) is 0. The maximum atomic E-state index is 4.24. The largest absolute Gasteiger partial charge is 0.259 e. The Morgan fingerprint density at radius 2 is 2.38 bits per heavy atom. The third-order valence-electron chi connectivity index (χ3n) is 2.36. The molecular formula is C11H12N2. The topological polar surface area (TPSA) is 17.8 Å². The van der Waals surface area contributed by atoms with Crippen molar-refractivity contribution in [2.45, 2.75) is 12.0 Å². The summed E-state index contributed by atoms with van der Waals surface area (Å²) in [6, 6.07) is 1.93. The lowest BCUT2D eigenvalue weighted by Gasteiger charge is -2.27. The van der Waals surface area contributed by atoms with Crippen molar-refractivity contribution in [3.05, 3.63) is 55.4 Å². The van der Waals surface area contributed by atoms with E-state index < -0.39 is 0 Å². The van der Waals surface area contributed by atoms with E-state index >= 15 is 0 Å². The fraction of sp³-hybridized carbons (Fsp3) is 0.182. The average Bonchev–Trinajstić information content (AvgIpc) is 2.72. The molecule has 66 valence electrons. The Kier molecular flexibility index (Phi) is 1.89. The van der Waals surface area contributed by atoms with Gasteiger partial charge in [0.2, 0.25) is 0 Å². The molecule has 0 spiro atoms. The summed E-state index contributed by atoms with van der Waals surface area (Å²) >= 11 is 0. The number of rotatable bonds is 2. The van der Waals surface area contributed by atoms with E-state index in [1.165, 1.54) is 0 Å². The predicted octanol–water partition coefficient (Wildman–Crippen LogP) is 2.28. The Balaban J connectivity index is 2.42. The number of allylic oxidation sites excluding steroid dienone is 5. The molecule has 1 heterocycles. The zero-order valence-corrected chi connectivity index (χ0v) is 7.43. The first kappa shape index (κ1) is 8.05. The maximum absolute atomic E-state index is 4.24. The molecule has 0 saturated heterocycles. The molecule has 2 rings (SSSR count). The second-order valence-electron chi connectivity index (χ2n) is 3.14. The van der Waals surface area contributed by atoms with Crippen LogP contribution in [0, 0.1) is 0 Å². The zero-order chi connectivity index (χ0) is 9.15. The molecule has 0 N–H and O–H groups in total. The van der Waals surface area contributed by atoms with E-state index in [2.05, 4.69) is 23.8 Å². The van der Waals surface area contributed by atoms with Crippen LogP contribution in [-0.4, -0.2) is 9.78 Å². The third-order valence-corrected chi connectivity index (χ3v) is 2.36. The molecule has 0 saturated carbocycles. The van der Waals surface area contributed by atoms with Gasteiger partial charge in [0, 0.05) is 12.4 Å². The van der Waals surface area contributed by atoms with Crippen molar-refractivity contribution in [1.29, 1.82) is 0 Å². The van der Waals surface area contributed by atoms with Gasteiger partial charge in [0.05, 0.1) is 0 Å². The molecule has 1 aliphatic carbocycles. The Hall–Kier alpha value is -1.57. The maximum Gasteiger partial charge on any atom is 0.102 e. The van der Waals surface area contributed by atoms with Crippen LogP contribution in [-0.2, 0) is 5.54 Å². The number of hydrogen-bond donors (Lipinski definition) is 0. The molecule has 0 aliphatic heterocycles. The standard InChI is InChI=1S/C11H12N2/c1-2-11(7-4-3-5-8-11)13-10-6-9-12-13/h2-7,9-10H,1,8H2. The highest BCUT2D eigenvalue weighted by atomic mass is 15.3. The average molecular weight is 172 g/mol. The quantitative estimate of drug-likeness (QED) is 0.626. The van der Waals surface area contributed by atoms with Crippen LogP contribution >= 0.6 is 0 Å². The van der Waals surface area contributed by atoms with Gasteiger partial charge in [-0.3, -0.25) is 4.68 Å². The van der Waals surface area contributed by atoms with Crippen LogP contribution in [0.4, 0.5) is 0 Å². The van der Waals surface area contributed by atoms with Gasteiger partial charge >= 0.3 is 0 Å². The summed E-state index contributed by atoms with van der Waals surface area (Å²) in [5.41, 5.74) is -0.155. The van der Waals surface area contributed by atoms with Crippen LogP contribution < -0.4 is 0 Å². The van der Waals surface area contributed by atoms with Crippen LogP contribution in [0.25, 0.3) is 0 Å². The van der Waals surface area contributed by atoms with Crippen molar-refractivity contribution in [3.8, 4) is 0 Å². The fourth-order valence-corrected chi connectivity index (χ4v) is 1.56. The lowest BCUT2D eigenvalue weighted by molar-refractivity contribution is 0.420. The normalized spacial score (nSPS) is 26.2. The van der Waals surface area contributed by atoms with Crippen molar-refractivity contribution >= 4 is 0 Å². The van der Waals surface area contributed by atoms with Crippen molar-refractivity contribution in [1.82, 2.24) is 9.78 Å². The van der Waals surface area contributed by atoms with Crippen molar-refractivity contribution in [2.75, 3.05) is 0 Å². The minimum Gasteiger partial charge on any atom is -0.259 e. The number of aromatic nitrogens is 2. The molecule has 1 atom stereocenters. The van der Waals surface area contributed by atoms with Gasteiger partial charge < -0.3 is 0 Å². The molecule has 2 heteroatoms. The molecule has 1 aromatic heterocycles. The van der Waals surface area contributed by atoms with Crippen molar-refractivity contribution in [2.24, 2.45) is 0 Å². The second-order valence-corrected chi connectivity index (χ2v) is 3.14. The van der Waals surface area contributed by atoms with E-state index in [9.17, 15) is 0 Å². The van der Waals surface area contributed by atoms with E-state index in [-0.39, 0.29) is 5.54 Å². The van der Waals surface area contributed by atoms with E-state index in [0.29, 0.717) is 0 Å². The third kappa shape index (κ3) is 1.24. The highest BCUT2D eigenvalue weighted by Crippen LogP contribution is 2.26. The SMILES string of the molecule is C=CC1(n2cccn2)C=CC=CC1. The zero-order valence-electron chi connectivity index (χ0n) is 7.43. The minimum absolute atomic E-state index is 0.155. The van der Waals surface area contributed by atoms with E-state index in [4.69, 9.17) is 0 Å². The highest BCUT2D eigenvalue weighted by Gasteiger charge is 2.25. The highest BCUT2D eigenvalue weighted by molar-refractivity contribution is 5.24. The van der Waals surface area contributed by atoms with Crippen LogP contribution in [0.15, 0.2) is 55.4 Å². The molecule has 0 aromatic carbocycles. The van der Waals surface area contributed by atoms with E-state index in [1.807, 2.05) is 35.2 Å². The van der Waals surface area contributed by atoms with E-state index in [0.717, 1.165) is 6.42 Å². The number of hydrogen-bond acceptors (Lipinski definition) is 1. The fourth-order valence-electron chi connectivity index (χ4n) is 1.56. The van der Waals surface area contributed by atoms with Crippen LogP contribution in [0.5, 0.6) is 0 Å². The Morgan fingerprint density at radius 1 is 1.46 bits per heavy atom. The van der Waals surface area contributed by atoms with Gasteiger partial charge in [-0.1, -0.05) is 30.4 Å². The van der Waals surface area contributed by atoms with Gasteiger partial charge in [0.25, 0.3) is 0 Å². The Morgan fingerprint density at radius 3 is 2.92 bits per heavy atom. The molecule has 0 radical (unpaired) electrons. The molecule has 13 heavy (non-hydrogen) atoms. The summed E-state index contributed by atoms with van der Waals surface area (Å²) in [5, 5.41) is 4.24. The van der Waals surface area contributed by atoms with Gasteiger partial charge in [0.1, 0.15) is 5.54 Å². The van der Waals surface area contributed by atoms with Gasteiger partial charge in [-0.15, -0.1) is 6.58 Å². The van der Waals surface area contributed by atoms with Gasteiger partial charge in [0.15, 0.2) is 0 Å². The summed E-state index contributed by atoms with van der Waals surface area (Å²) in [6.07, 6.45) is 14.9. The van der Waals surface area contributed by atoms with Crippen molar-refractivity contribution < 1.29 is 0 Å². The molecule has 2 nitrogen and oxygen atoms in total. The molecule has 1 aliphatic rings. The molecular weight excluding hydrogens is 160 g/mol. The van der Waals surface area contributed by atoms with Crippen LogP contribution in [0.2, 0.25) is 0 Å². The smallest absolute Gasteiger partial charge is 0.102 e. The van der Waals surface area contributed by atoms with Crippen LogP contribution in [0.3, 0.4) is 0 Å². The molecule has 0 bridgehead atoms. The Bertz CT molecular complexity index is 346. The lowest BCUT2D eigenvalue weighted by atomic mass is 9.92. The predicted molar refractivity (Wildman–Crippen MR) is 53.3 cm³/mol. The van der Waals surface area contributed by atoms with Gasteiger partial charge in [-0.25, -0.2) is 0 Å². The number of nitrogens with zero attached hydrogens (tertiary/aromatic N) is 2. The summed E-state index contributed by atoms with van der Waals surface area (Å²) in [7, 11) is 0. The first-order valence-electron chi connectivity index (χ1n) is 4.35. The van der Waals surface area contributed by atoms with Gasteiger partial charge in [-0.05, 0) is 12.5 Å². The Labute approximate surface area is 77.9 Å². The summed E-state index contributed by atoms with van der Waals surface area (Å²) < 4.78 is 1.93. The minimum atomic E-state index is -0.155. The summed E-state index contributed by atoms with van der Waals surface area (Å²) in [6.45, 7) is 3.87. The second kappa shape index (κ2) is 3.05. The summed E-state index contributed by atoms with van der Waals surface area (Å²) in [5.74, 6) is 0. The van der Waals surface area contributed by atoms with E-state index in [1.54, 1.807) is 6.20 Å².